The number of pyridine rings is 1. The fourth-order valence-corrected chi connectivity index (χ4v) is 2.87. The number of methoxy groups -OCH3 is 1. The van der Waals surface area contributed by atoms with Gasteiger partial charge in [0.25, 0.3) is 0 Å². The minimum Gasteiger partial charge on any atom is -0.497 e. The molecule has 9 heteroatoms. The van der Waals surface area contributed by atoms with Crippen LogP contribution in [0, 0.1) is 11.3 Å². The summed E-state index contributed by atoms with van der Waals surface area (Å²) in [5.74, 6) is 0.998. The number of hydrogen-bond acceptors (Lipinski definition) is 5. The monoisotopic (exact) mass is 421 g/mol. The second kappa shape index (κ2) is 8.45. The van der Waals surface area contributed by atoms with Crippen LogP contribution in [0.5, 0.6) is 11.5 Å². The molecule has 3 rings (SSSR count). The Morgan fingerprint density at radius 2 is 1.83 bits per heavy atom. The van der Waals surface area contributed by atoms with E-state index >= 15 is 0 Å². The molecule has 0 spiro atoms. The molecule has 0 aliphatic heterocycles. The molecule has 0 aliphatic carbocycles. The zero-order valence-electron chi connectivity index (χ0n) is 15.2. The first-order chi connectivity index (χ1) is 13.8. The van der Waals surface area contributed by atoms with E-state index in [-0.39, 0.29) is 24.4 Å². The van der Waals surface area contributed by atoms with Crippen LogP contribution < -0.4 is 14.8 Å². The maximum Gasteiger partial charge on any atom is 0.434 e. The van der Waals surface area contributed by atoms with E-state index in [1.807, 2.05) is 0 Å². The quantitative estimate of drug-likeness (QED) is 0.548. The van der Waals surface area contributed by atoms with Gasteiger partial charge in [0.1, 0.15) is 29.7 Å². The Labute approximate surface area is 169 Å². The van der Waals surface area contributed by atoms with E-state index in [1.54, 1.807) is 30.3 Å². The van der Waals surface area contributed by atoms with Gasteiger partial charge in [-0.1, -0.05) is 11.6 Å². The molecule has 0 unspecified atom stereocenters. The number of nitrogens with one attached hydrogen (secondary N) is 1. The Morgan fingerprint density at radius 3 is 2.45 bits per heavy atom. The van der Waals surface area contributed by atoms with E-state index in [4.69, 9.17) is 21.1 Å². The van der Waals surface area contributed by atoms with E-state index in [0.717, 1.165) is 0 Å². The lowest BCUT2D eigenvalue weighted by Gasteiger charge is -2.17. The summed E-state index contributed by atoms with van der Waals surface area (Å²) in [4.78, 5) is 3.65. The SMILES string of the molecule is COc1ccc2nc(C(F)(F)F)c(C#N)c(NCCOc3ccc(Cl)cc3)c2c1. The number of halogens is 4. The normalized spacial score (nSPS) is 11.2. The van der Waals surface area contributed by atoms with E-state index in [1.165, 1.54) is 25.3 Å². The highest BCUT2D eigenvalue weighted by atomic mass is 35.5. The van der Waals surface area contributed by atoms with Crippen molar-refractivity contribution >= 4 is 28.2 Å². The first kappa shape index (κ1) is 20.6. The van der Waals surface area contributed by atoms with E-state index in [2.05, 4.69) is 10.3 Å². The summed E-state index contributed by atoms with van der Waals surface area (Å²) in [7, 11) is 1.44. The molecular formula is C20H15ClF3N3O2. The Morgan fingerprint density at radius 1 is 1.14 bits per heavy atom. The van der Waals surface area contributed by atoms with Crippen molar-refractivity contribution in [1.29, 1.82) is 5.26 Å². The zero-order valence-corrected chi connectivity index (χ0v) is 15.9. The molecule has 0 saturated heterocycles. The minimum atomic E-state index is -4.77. The summed E-state index contributed by atoms with van der Waals surface area (Å²) in [5, 5.41) is 13.2. The van der Waals surface area contributed by atoms with Gasteiger partial charge in [-0.15, -0.1) is 0 Å². The molecule has 3 aromatic rings. The number of ether oxygens (including phenoxy) is 2. The molecule has 0 fully saturated rings. The van der Waals surface area contributed by atoms with E-state index < -0.39 is 17.4 Å². The van der Waals surface area contributed by atoms with Gasteiger partial charge in [-0.05, 0) is 42.5 Å². The fourth-order valence-electron chi connectivity index (χ4n) is 2.74. The van der Waals surface area contributed by atoms with Crippen LogP contribution in [-0.2, 0) is 6.18 Å². The third-order valence-corrected chi connectivity index (χ3v) is 4.31. The van der Waals surface area contributed by atoms with Gasteiger partial charge in [0.05, 0.1) is 18.3 Å². The second-order valence-electron chi connectivity index (χ2n) is 5.93. The van der Waals surface area contributed by atoms with Crippen molar-refractivity contribution in [1.82, 2.24) is 4.98 Å². The van der Waals surface area contributed by atoms with Gasteiger partial charge in [-0.3, -0.25) is 0 Å². The van der Waals surface area contributed by atoms with Gasteiger partial charge in [0.2, 0.25) is 0 Å². The Hall–Kier alpha value is -3.18. The summed E-state index contributed by atoms with van der Waals surface area (Å²) < 4.78 is 51.0. The number of nitriles is 1. The van der Waals surface area contributed by atoms with Crippen LogP contribution in [0.2, 0.25) is 5.02 Å². The lowest BCUT2D eigenvalue weighted by molar-refractivity contribution is -0.141. The van der Waals surface area contributed by atoms with E-state index in [0.29, 0.717) is 21.9 Å². The lowest BCUT2D eigenvalue weighted by atomic mass is 10.1. The lowest BCUT2D eigenvalue weighted by Crippen LogP contribution is -2.17. The molecule has 29 heavy (non-hydrogen) atoms. The van der Waals surface area contributed by atoms with Crippen molar-refractivity contribution in [2.24, 2.45) is 0 Å². The van der Waals surface area contributed by atoms with Gasteiger partial charge in [-0.2, -0.15) is 18.4 Å². The van der Waals surface area contributed by atoms with Crippen LogP contribution in [0.15, 0.2) is 42.5 Å². The molecular weight excluding hydrogens is 407 g/mol. The van der Waals surface area contributed by atoms with Crippen molar-refractivity contribution in [2.45, 2.75) is 6.18 Å². The summed E-state index contributed by atoms with van der Waals surface area (Å²) in [6.07, 6.45) is -4.77. The van der Waals surface area contributed by atoms with Gasteiger partial charge in [0.15, 0.2) is 5.69 Å². The highest BCUT2D eigenvalue weighted by Gasteiger charge is 2.37. The predicted octanol–water partition coefficient (Wildman–Crippen LogP) is 5.28. The molecule has 0 aliphatic rings. The third-order valence-electron chi connectivity index (χ3n) is 4.06. The van der Waals surface area contributed by atoms with Crippen LogP contribution in [0.1, 0.15) is 11.3 Å². The van der Waals surface area contributed by atoms with Gasteiger partial charge < -0.3 is 14.8 Å². The number of anilines is 1. The second-order valence-corrected chi connectivity index (χ2v) is 6.37. The molecule has 1 N–H and O–H groups in total. The van der Waals surface area contributed by atoms with E-state index in [9.17, 15) is 18.4 Å². The molecule has 1 heterocycles. The maximum absolute atomic E-state index is 13.4. The largest absolute Gasteiger partial charge is 0.497 e. The minimum absolute atomic E-state index is 0.0310. The summed E-state index contributed by atoms with van der Waals surface area (Å²) >= 11 is 5.81. The third kappa shape index (κ3) is 4.63. The summed E-state index contributed by atoms with van der Waals surface area (Å²) in [6, 6.07) is 12.8. The number of alkyl halides is 3. The van der Waals surface area contributed by atoms with Crippen LogP contribution in [0.3, 0.4) is 0 Å². The number of nitrogens with zero attached hydrogens (tertiary/aromatic N) is 2. The Balaban J connectivity index is 1.92. The standard InChI is InChI=1S/C20H15ClF3N3O2/c1-28-14-6-7-17-15(10-14)18(16(11-25)19(27-17)20(22,23)24)26-8-9-29-13-4-2-12(21)3-5-13/h2-7,10H,8-9H2,1H3,(H,26,27). The average Bonchev–Trinajstić information content (AvgIpc) is 2.70. The molecule has 0 amide bonds. The highest BCUT2D eigenvalue weighted by molar-refractivity contribution is 6.30. The van der Waals surface area contributed by atoms with Gasteiger partial charge >= 0.3 is 6.18 Å². The van der Waals surface area contributed by atoms with Crippen molar-refractivity contribution in [3.8, 4) is 17.6 Å². The first-order valence-electron chi connectivity index (χ1n) is 8.44. The topological polar surface area (TPSA) is 67.2 Å². The maximum atomic E-state index is 13.4. The first-order valence-corrected chi connectivity index (χ1v) is 8.82. The number of rotatable bonds is 6. The van der Waals surface area contributed by atoms with Gasteiger partial charge in [-0.25, -0.2) is 4.98 Å². The van der Waals surface area contributed by atoms with Gasteiger partial charge in [0, 0.05) is 17.0 Å². The highest BCUT2D eigenvalue weighted by Crippen LogP contribution is 2.38. The number of benzene rings is 2. The van der Waals surface area contributed by atoms with Crippen molar-refractivity contribution in [3.05, 3.63) is 58.7 Å². The number of fused-ring (bicyclic) bond motifs is 1. The molecule has 5 nitrogen and oxygen atoms in total. The number of aromatic nitrogens is 1. The molecule has 0 bridgehead atoms. The van der Waals surface area contributed by atoms with Crippen molar-refractivity contribution in [2.75, 3.05) is 25.6 Å². The molecule has 0 radical (unpaired) electrons. The zero-order chi connectivity index (χ0) is 21.0. The predicted molar refractivity (Wildman–Crippen MR) is 103 cm³/mol. The van der Waals surface area contributed by atoms with Crippen molar-refractivity contribution in [3.63, 3.8) is 0 Å². The van der Waals surface area contributed by atoms with Crippen LogP contribution in [0.4, 0.5) is 18.9 Å². The average molecular weight is 422 g/mol. The molecule has 1 aromatic heterocycles. The fraction of sp³-hybridized carbons (Fsp3) is 0.200. The number of hydrogen-bond donors (Lipinski definition) is 1. The van der Waals surface area contributed by atoms with Crippen molar-refractivity contribution < 1.29 is 22.6 Å². The molecule has 0 atom stereocenters. The summed E-state index contributed by atoms with van der Waals surface area (Å²) in [6.45, 7) is 0.312. The van der Waals surface area contributed by atoms with Crippen LogP contribution >= 0.6 is 11.6 Å². The van der Waals surface area contributed by atoms with Crippen LogP contribution in [-0.4, -0.2) is 25.2 Å². The Bertz CT molecular complexity index is 1060. The smallest absolute Gasteiger partial charge is 0.434 e. The Kier molecular flexibility index (Phi) is 5.99. The summed E-state index contributed by atoms with van der Waals surface area (Å²) in [5.41, 5.74) is -1.69. The van der Waals surface area contributed by atoms with Crippen LogP contribution in [0.25, 0.3) is 10.9 Å². The molecule has 0 saturated carbocycles. The molecule has 2 aromatic carbocycles. The molecule has 150 valence electrons.